The van der Waals surface area contributed by atoms with Crippen LogP contribution < -0.4 is 0 Å². The summed E-state index contributed by atoms with van der Waals surface area (Å²) in [5.74, 6) is -0.0258. The minimum atomic E-state index is -0.0647. The molecule has 3 heteroatoms. The highest BCUT2D eigenvalue weighted by Crippen LogP contribution is 2.22. The van der Waals surface area contributed by atoms with Crippen molar-refractivity contribution in [1.29, 1.82) is 0 Å². The fourth-order valence-corrected chi connectivity index (χ4v) is 2.56. The lowest BCUT2D eigenvalue weighted by molar-refractivity contribution is -0.146. The Morgan fingerprint density at radius 2 is 2.00 bits per heavy atom. The Labute approximate surface area is 99.1 Å². The van der Waals surface area contributed by atoms with Crippen molar-refractivity contribution in [3.63, 3.8) is 0 Å². The molecular weight excluding hydrogens is 202 g/mol. The molecule has 94 valence electrons. The van der Waals surface area contributed by atoms with Gasteiger partial charge in [-0.1, -0.05) is 26.2 Å². The molecule has 1 rings (SSSR count). The van der Waals surface area contributed by atoms with Gasteiger partial charge in [0.2, 0.25) is 0 Å². The molecule has 0 aromatic heterocycles. The van der Waals surface area contributed by atoms with Gasteiger partial charge in [0.05, 0.1) is 13.0 Å². The van der Waals surface area contributed by atoms with Gasteiger partial charge in [0.15, 0.2) is 0 Å². The van der Waals surface area contributed by atoms with Crippen LogP contribution in [0.15, 0.2) is 0 Å². The molecule has 0 heterocycles. The minimum Gasteiger partial charge on any atom is -0.469 e. The second-order valence-corrected chi connectivity index (χ2v) is 4.86. The van der Waals surface area contributed by atoms with Crippen LogP contribution in [0.2, 0.25) is 0 Å². The van der Waals surface area contributed by atoms with E-state index in [0.29, 0.717) is 6.04 Å². The molecular formula is C13H25NO2. The normalized spacial score (nSPS) is 19.8. The number of rotatable bonds is 5. The highest BCUT2D eigenvalue weighted by molar-refractivity contribution is 5.72. The largest absolute Gasteiger partial charge is 0.469 e. The molecule has 0 radical (unpaired) electrons. The van der Waals surface area contributed by atoms with Crippen LogP contribution in [0.5, 0.6) is 0 Å². The van der Waals surface area contributed by atoms with Crippen molar-refractivity contribution in [2.75, 3.05) is 20.7 Å². The molecule has 0 aliphatic heterocycles. The van der Waals surface area contributed by atoms with Crippen molar-refractivity contribution in [2.45, 2.75) is 51.5 Å². The Kier molecular flexibility index (Phi) is 5.81. The number of hydrogen-bond donors (Lipinski definition) is 0. The third-order valence-corrected chi connectivity index (χ3v) is 3.73. The number of ether oxygens (including phenoxy) is 1. The van der Waals surface area contributed by atoms with Gasteiger partial charge in [-0.2, -0.15) is 0 Å². The van der Waals surface area contributed by atoms with Crippen molar-refractivity contribution >= 4 is 5.97 Å². The molecule has 0 bridgehead atoms. The summed E-state index contributed by atoms with van der Waals surface area (Å²) < 4.78 is 4.83. The zero-order valence-corrected chi connectivity index (χ0v) is 10.9. The SMILES string of the molecule is CCC(CN(C)C1CCCCC1)C(=O)OC. The lowest BCUT2D eigenvalue weighted by Crippen LogP contribution is -2.39. The number of carbonyl (C=O) groups excluding carboxylic acids is 1. The smallest absolute Gasteiger partial charge is 0.309 e. The van der Waals surface area contributed by atoms with Gasteiger partial charge in [-0.3, -0.25) is 4.79 Å². The summed E-state index contributed by atoms with van der Waals surface area (Å²) in [5, 5.41) is 0. The maximum absolute atomic E-state index is 11.5. The molecule has 0 aromatic rings. The first-order valence-corrected chi connectivity index (χ1v) is 6.47. The third kappa shape index (κ3) is 3.78. The Balaban J connectivity index is 2.40. The molecule has 1 fully saturated rings. The van der Waals surface area contributed by atoms with Gasteiger partial charge in [-0.05, 0) is 26.3 Å². The molecule has 1 atom stereocenters. The summed E-state index contributed by atoms with van der Waals surface area (Å²) in [4.78, 5) is 13.9. The molecule has 16 heavy (non-hydrogen) atoms. The minimum absolute atomic E-state index is 0.0388. The Morgan fingerprint density at radius 1 is 1.38 bits per heavy atom. The van der Waals surface area contributed by atoms with E-state index in [4.69, 9.17) is 4.74 Å². The molecule has 0 amide bonds. The van der Waals surface area contributed by atoms with Crippen molar-refractivity contribution in [1.82, 2.24) is 4.90 Å². The van der Waals surface area contributed by atoms with E-state index >= 15 is 0 Å². The van der Waals surface area contributed by atoms with E-state index in [1.165, 1.54) is 39.2 Å². The van der Waals surface area contributed by atoms with Gasteiger partial charge in [0, 0.05) is 12.6 Å². The number of nitrogens with zero attached hydrogens (tertiary/aromatic N) is 1. The van der Waals surface area contributed by atoms with Crippen LogP contribution in [0.4, 0.5) is 0 Å². The van der Waals surface area contributed by atoms with E-state index in [2.05, 4.69) is 18.9 Å². The zero-order chi connectivity index (χ0) is 12.0. The predicted molar refractivity (Wildman–Crippen MR) is 65.3 cm³/mol. The fraction of sp³-hybridized carbons (Fsp3) is 0.923. The van der Waals surface area contributed by atoms with E-state index in [0.717, 1.165) is 13.0 Å². The molecule has 1 aliphatic rings. The summed E-state index contributed by atoms with van der Waals surface area (Å²) in [5.41, 5.74) is 0. The van der Waals surface area contributed by atoms with Crippen molar-refractivity contribution < 1.29 is 9.53 Å². The first-order valence-electron chi connectivity index (χ1n) is 6.47. The van der Waals surface area contributed by atoms with Gasteiger partial charge < -0.3 is 9.64 Å². The summed E-state index contributed by atoms with van der Waals surface area (Å²) in [6.07, 6.45) is 7.48. The maximum atomic E-state index is 11.5. The van der Waals surface area contributed by atoms with Crippen LogP contribution in [0.1, 0.15) is 45.4 Å². The maximum Gasteiger partial charge on any atom is 0.309 e. The highest BCUT2D eigenvalue weighted by atomic mass is 16.5. The highest BCUT2D eigenvalue weighted by Gasteiger charge is 2.24. The molecule has 3 nitrogen and oxygen atoms in total. The first-order chi connectivity index (χ1) is 7.69. The second kappa shape index (κ2) is 6.89. The first kappa shape index (κ1) is 13.5. The Hall–Kier alpha value is -0.570. The monoisotopic (exact) mass is 227 g/mol. The van der Waals surface area contributed by atoms with Gasteiger partial charge in [-0.15, -0.1) is 0 Å². The van der Waals surface area contributed by atoms with Gasteiger partial charge in [-0.25, -0.2) is 0 Å². The standard InChI is InChI=1S/C13H25NO2/c1-4-11(13(15)16-3)10-14(2)12-8-6-5-7-9-12/h11-12H,4-10H2,1-3H3. The quantitative estimate of drug-likeness (QED) is 0.676. The molecule has 0 N–H and O–H groups in total. The van der Waals surface area contributed by atoms with Crippen molar-refractivity contribution in [3.05, 3.63) is 0 Å². The van der Waals surface area contributed by atoms with Crippen LogP contribution in [-0.4, -0.2) is 37.6 Å². The topological polar surface area (TPSA) is 29.5 Å². The van der Waals surface area contributed by atoms with Crippen LogP contribution in [-0.2, 0) is 9.53 Å². The molecule has 1 aliphatic carbocycles. The van der Waals surface area contributed by atoms with E-state index in [1.54, 1.807) is 0 Å². The molecule has 1 unspecified atom stereocenters. The number of methoxy groups -OCH3 is 1. The van der Waals surface area contributed by atoms with E-state index in [1.807, 2.05) is 0 Å². The molecule has 0 aromatic carbocycles. The average molecular weight is 227 g/mol. The van der Waals surface area contributed by atoms with Crippen LogP contribution in [0.25, 0.3) is 0 Å². The van der Waals surface area contributed by atoms with Crippen molar-refractivity contribution in [2.24, 2.45) is 5.92 Å². The molecule has 1 saturated carbocycles. The van der Waals surface area contributed by atoms with Crippen LogP contribution >= 0.6 is 0 Å². The number of carbonyl (C=O) groups is 1. The fourth-order valence-electron chi connectivity index (χ4n) is 2.56. The lowest BCUT2D eigenvalue weighted by atomic mass is 9.93. The number of hydrogen-bond acceptors (Lipinski definition) is 3. The van der Waals surface area contributed by atoms with Crippen LogP contribution in [0.3, 0.4) is 0 Å². The lowest BCUT2D eigenvalue weighted by Gasteiger charge is -2.32. The molecule has 0 spiro atoms. The summed E-state index contributed by atoms with van der Waals surface area (Å²) in [6.45, 7) is 2.89. The van der Waals surface area contributed by atoms with Gasteiger partial charge >= 0.3 is 5.97 Å². The number of esters is 1. The van der Waals surface area contributed by atoms with Gasteiger partial charge in [0.1, 0.15) is 0 Å². The zero-order valence-electron chi connectivity index (χ0n) is 10.9. The average Bonchev–Trinajstić information content (AvgIpc) is 2.35. The third-order valence-electron chi connectivity index (χ3n) is 3.73. The van der Waals surface area contributed by atoms with E-state index < -0.39 is 0 Å². The Morgan fingerprint density at radius 3 is 2.50 bits per heavy atom. The van der Waals surface area contributed by atoms with Gasteiger partial charge in [0.25, 0.3) is 0 Å². The van der Waals surface area contributed by atoms with Crippen LogP contribution in [0, 0.1) is 5.92 Å². The van der Waals surface area contributed by atoms with E-state index in [-0.39, 0.29) is 11.9 Å². The summed E-state index contributed by atoms with van der Waals surface area (Å²) in [7, 11) is 3.62. The predicted octanol–water partition coefficient (Wildman–Crippen LogP) is 2.45. The second-order valence-electron chi connectivity index (χ2n) is 4.86. The summed E-state index contributed by atoms with van der Waals surface area (Å²) >= 11 is 0. The van der Waals surface area contributed by atoms with Crippen molar-refractivity contribution in [3.8, 4) is 0 Å². The molecule has 0 saturated heterocycles. The Bertz CT molecular complexity index is 212. The summed E-state index contributed by atoms with van der Waals surface area (Å²) in [6, 6.07) is 0.674. The van der Waals surface area contributed by atoms with E-state index in [9.17, 15) is 4.79 Å².